The number of methoxy groups -OCH3 is 2. The number of nitrogens with zero attached hydrogens (tertiary/aromatic N) is 2. The minimum Gasteiger partial charge on any atom is -0.493 e. The van der Waals surface area contributed by atoms with E-state index in [-0.39, 0.29) is 5.69 Å². The third-order valence-electron chi connectivity index (χ3n) is 4.21. The maximum atomic E-state index is 12.3. The van der Waals surface area contributed by atoms with Crippen LogP contribution < -0.4 is 23.9 Å². The molecule has 10 heteroatoms. The molecule has 0 heterocycles. The number of ether oxygens (including phenoxy) is 3. The number of hydrogen-bond acceptors (Lipinski definition) is 7. The lowest BCUT2D eigenvalue weighted by Crippen LogP contribution is -2.39. The molecular weight excluding hydrogens is 434 g/mol. The first-order valence-electron chi connectivity index (χ1n) is 9.88. The van der Waals surface area contributed by atoms with Crippen molar-refractivity contribution in [2.75, 3.05) is 37.9 Å². The van der Waals surface area contributed by atoms with Crippen molar-refractivity contribution in [2.45, 2.75) is 13.8 Å². The third kappa shape index (κ3) is 7.45. The zero-order valence-electron chi connectivity index (χ0n) is 18.9. The minimum atomic E-state index is -3.74. The molecule has 2 aromatic rings. The van der Waals surface area contributed by atoms with Crippen LogP contribution in [0.3, 0.4) is 0 Å². The Morgan fingerprint density at radius 1 is 1.09 bits per heavy atom. The van der Waals surface area contributed by atoms with Crippen molar-refractivity contribution >= 4 is 27.8 Å². The predicted octanol–water partition coefficient (Wildman–Crippen LogP) is 2.65. The maximum absolute atomic E-state index is 12.3. The summed E-state index contributed by atoms with van der Waals surface area (Å²) in [4.78, 5) is 12.3. The van der Waals surface area contributed by atoms with Crippen LogP contribution in [0.4, 0.5) is 5.69 Å². The van der Waals surface area contributed by atoms with Crippen LogP contribution in [-0.4, -0.2) is 54.2 Å². The Kier molecular flexibility index (Phi) is 8.89. The van der Waals surface area contributed by atoms with Crippen molar-refractivity contribution in [1.29, 1.82) is 0 Å². The van der Waals surface area contributed by atoms with E-state index < -0.39 is 22.5 Å². The van der Waals surface area contributed by atoms with Crippen molar-refractivity contribution in [3.63, 3.8) is 0 Å². The molecule has 1 N–H and O–H groups in total. The van der Waals surface area contributed by atoms with E-state index >= 15 is 0 Å². The molecule has 2 aromatic carbocycles. The Balaban J connectivity index is 2.04. The highest BCUT2D eigenvalue weighted by Crippen LogP contribution is 2.32. The number of sulfonamides is 1. The summed E-state index contributed by atoms with van der Waals surface area (Å²) in [6.45, 7) is 4.31. The number of amides is 1. The summed E-state index contributed by atoms with van der Waals surface area (Å²) in [7, 11) is -0.824. The molecule has 174 valence electrons. The molecule has 0 atom stereocenters. The van der Waals surface area contributed by atoms with Gasteiger partial charge >= 0.3 is 0 Å². The molecular formula is C22H29N3O6S. The van der Waals surface area contributed by atoms with E-state index in [2.05, 4.69) is 24.4 Å². The van der Waals surface area contributed by atoms with E-state index in [1.54, 1.807) is 18.2 Å². The van der Waals surface area contributed by atoms with E-state index in [1.807, 2.05) is 12.1 Å². The molecule has 0 fully saturated rings. The molecule has 0 aromatic heterocycles. The minimum absolute atomic E-state index is 0.265. The Hall–Kier alpha value is -3.27. The molecule has 0 aliphatic rings. The lowest BCUT2D eigenvalue weighted by Gasteiger charge is -2.22. The van der Waals surface area contributed by atoms with Crippen LogP contribution in [-0.2, 0) is 14.8 Å². The molecule has 0 aliphatic heterocycles. The molecule has 2 rings (SSSR count). The van der Waals surface area contributed by atoms with Gasteiger partial charge in [-0.3, -0.25) is 9.10 Å². The third-order valence-corrected chi connectivity index (χ3v) is 5.35. The summed E-state index contributed by atoms with van der Waals surface area (Å²) in [5, 5.41) is 3.90. The standard InChI is InChI=1S/C22H29N3O6S/c1-16(2)15-31-19-9-6-17(7-10-19)13-23-24-22(26)14-25(32(5,27)28)18-8-11-20(29-3)21(12-18)30-4/h6-13,16H,14-15H2,1-5H3,(H,24,26)/b23-13-. The molecule has 0 bridgehead atoms. The zero-order chi connectivity index (χ0) is 23.7. The van der Waals surface area contributed by atoms with E-state index in [0.29, 0.717) is 24.0 Å². The second kappa shape index (κ2) is 11.4. The van der Waals surface area contributed by atoms with Gasteiger partial charge in [0.15, 0.2) is 11.5 Å². The average Bonchev–Trinajstić information content (AvgIpc) is 2.75. The van der Waals surface area contributed by atoms with Crippen molar-refractivity contribution in [3.05, 3.63) is 48.0 Å². The number of anilines is 1. The van der Waals surface area contributed by atoms with Crippen molar-refractivity contribution in [1.82, 2.24) is 5.43 Å². The number of carbonyl (C=O) groups excluding carboxylic acids is 1. The Morgan fingerprint density at radius 2 is 1.75 bits per heavy atom. The van der Waals surface area contributed by atoms with Gasteiger partial charge < -0.3 is 14.2 Å². The summed E-state index contributed by atoms with van der Waals surface area (Å²) >= 11 is 0. The van der Waals surface area contributed by atoms with Crippen LogP contribution in [0.25, 0.3) is 0 Å². The molecule has 0 saturated heterocycles. The number of carbonyl (C=O) groups is 1. The fourth-order valence-electron chi connectivity index (χ4n) is 2.64. The number of nitrogens with one attached hydrogen (secondary N) is 1. The number of hydrogen-bond donors (Lipinski definition) is 1. The Morgan fingerprint density at radius 3 is 2.31 bits per heavy atom. The highest BCUT2D eigenvalue weighted by molar-refractivity contribution is 7.92. The Labute approximate surface area is 189 Å². The van der Waals surface area contributed by atoms with Gasteiger partial charge in [0.25, 0.3) is 5.91 Å². The smallest absolute Gasteiger partial charge is 0.260 e. The largest absolute Gasteiger partial charge is 0.493 e. The molecule has 0 saturated carbocycles. The lowest BCUT2D eigenvalue weighted by molar-refractivity contribution is -0.119. The summed E-state index contributed by atoms with van der Waals surface area (Å²) in [6, 6.07) is 11.8. The maximum Gasteiger partial charge on any atom is 0.260 e. The summed E-state index contributed by atoms with van der Waals surface area (Å²) in [5.41, 5.74) is 3.36. The fraction of sp³-hybridized carbons (Fsp3) is 0.364. The molecule has 32 heavy (non-hydrogen) atoms. The molecule has 0 radical (unpaired) electrons. The van der Waals surface area contributed by atoms with Crippen LogP contribution in [0.2, 0.25) is 0 Å². The first kappa shape index (κ1) is 25.0. The molecule has 0 spiro atoms. The van der Waals surface area contributed by atoms with Gasteiger partial charge in [-0.1, -0.05) is 13.8 Å². The first-order chi connectivity index (χ1) is 15.1. The SMILES string of the molecule is COc1ccc(N(CC(=O)N/N=C\c2ccc(OCC(C)C)cc2)S(C)(=O)=O)cc1OC. The van der Waals surface area contributed by atoms with Crippen LogP contribution in [0.1, 0.15) is 19.4 Å². The summed E-state index contributed by atoms with van der Waals surface area (Å²) < 4.78 is 41.5. The monoisotopic (exact) mass is 463 g/mol. The predicted molar refractivity (Wildman–Crippen MR) is 124 cm³/mol. The second-order valence-corrected chi connectivity index (χ2v) is 9.28. The van der Waals surface area contributed by atoms with Gasteiger partial charge in [-0.2, -0.15) is 5.10 Å². The lowest BCUT2D eigenvalue weighted by atomic mass is 10.2. The van der Waals surface area contributed by atoms with E-state index in [1.165, 1.54) is 32.6 Å². The molecule has 1 amide bonds. The zero-order valence-corrected chi connectivity index (χ0v) is 19.7. The number of benzene rings is 2. The highest BCUT2D eigenvalue weighted by atomic mass is 32.2. The van der Waals surface area contributed by atoms with E-state index in [0.717, 1.165) is 21.9 Å². The van der Waals surface area contributed by atoms with Crippen molar-refractivity contribution in [2.24, 2.45) is 11.0 Å². The van der Waals surface area contributed by atoms with Gasteiger partial charge in [0.1, 0.15) is 12.3 Å². The Bertz CT molecular complexity index is 1040. The van der Waals surface area contributed by atoms with E-state index in [4.69, 9.17) is 14.2 Å². The van der Waals surface area contributed by atoms with Gasteiger partial charge in [-0.25, -0.2) is 13.8 Å². The number of hydrazone groups is 1. The van der Waals surface area contributed by atoms with Gasteiger partial charge in [-0.05, 0) is 47.9 Å². The summed E-state index contributed by atoms with van der Waals surface area (Å²) in [6.07, 6.45) is 2.48. The fourth-order valence-corrected chi connectivity index (χ4v) is 3.49. The van der Waals surface area contributed by atoms with Gasteiger partial charge in [0.05, 0.1) is 39.0 Å². The average molecular weight is 464 g/mol. The van der Waals surface area contributed by atoms with Crippen LogP contribution in [0.15, 0.2) is 47.6 Å². The van der Waals surface area contributed by atoms with Crippen molar-refractivity contribution < 1.29 is 27.4 Å². The topological polar surface area (TPSA) is 107 Å². The normalized spacial score (nSPS) is 11.4. The molecule has 9 nitrogen and oxygen atoms in total. The first-order valence-corrected chi connectivity index (χ1v) is 11.7. The second-order valence-electron chi connectivity index (χ2n) is 7.38. The van der Waals surface area contributed by atoms with Crippen molar-refractivity contribution in [3.8, 4) is 17.2 Å². The molecule has 0 unspecified atom stereocenters. The van der Waals surface area contributed by atoms with Crippen LogP contribution in [0.5, 0.6) is 17.2 Å². The van der Waals surface area contributed by atoms with Gasteiger partial charge in [-0.15, -0.1) is 0 Å². The highest BCUT2D eigenvalue weighted by Gasteiger charge is 2.22. The molecule has 0 aliphatic carbocycles. The summed E-state index contributed by atoms with van der Waals surface area (Å²) in [5.74, 6) is 1.37. The quantitative estimate of drug-likeness (QED) is 0.406. The van der Waals surface area contributed by atoms with E-state index in [9.17, 15) is 13.2 Å². The number of rotatable bonds is 11. The van der Waals surface area contributed by atoms with Crippen LogP contribution >= 0.6 is 0 Å². The van der Waals surface area contributed by atoms with Gasteiger partial charge in [0, 0.05) is 6.07 Å². The van der Waals surface area contributed by atoms with Crippen LogP contribution in [0, 0.1) is 5.92 Å². The van der Waals surface area contributed by atoms with Gasteiger partial charge in [0.2, 0.25) is 10.0 Å².